The number of rotatable bonds is 12. The van der Waals surface area contributed by atoms with E-state index >= 15 is 0 Å². The first-order valence-electron chi connectivity index (χ1n) is 9.87. The zero-order valence-corrected chi connectivity index (χ0v) is 19.4. The third-order valence-electron chi connectivity index (χ3n) is 3.77. The molecule has 0 bridgehead atoms. The number of aryl methyl sites for hydroxylation is 1. The zero-order chi connectivity index (χ0) is 22.1. The van der Waals surface area contributed by atoms with Crippen LogP contribution in [0, 0.1) is 17.8 Å². The molecule has 0 radical (unpaired) electrons. The van der Waals surface area contributed by atoms with Gasteiger partial charge in [0.25, 0.3) is 0 Å². The molecule has 0 aromatic carbocycles. The van der Waals surface area contributed by atoms with Crippen LogP contribution in [0.5, 0.6) is 11.8 Å². The Morgan fingerprint density at radius 3 is 1.41 bits per heavy atom. The van der Waals surface area contributed by atoms with Crippen LogP contribution in [0.2, 0.25) is 0 Å². The van der Waals surface area contributed by atoms with Gasteiger partial charge < -0.3 is 28.4 Å². The molecule has 8 heteroatoms. The Morgan fingerprint density at radius 2 is 1.10 bits per heavy atom. The van der Waals surface area contributed by atoms with E-state index in [1.165, 1.54) is 0 Å². The average molecular weight is 415 g/mol. The van der Waals surface area contributed by atoms with Crippen LogP contribution in [-0.2, 0) is 18.9 Å². The van der Waals surface area contributed by atoms with Gasteiger partial charge in [-0.1, -0.05) is 41.5 Å². The maximum Gasteiger partial charge on any atom is 0.222 e. The summed E-state index contributed by atoms with van der Waals surface area (Å²) < 4.78 is 33.9. The summed E-state index contributed by atoms with van der Waals surface area (Å²) in [6.45, 7) is 15.8. The highest BCUT2D eigenvalue weighted by Gasteiger charge is 2.30. The highest BCUT2D eigenvalue weighted by atomic mass is 16.7. The van der Waals surface area contributed by atoms with Crippen molar-refractivity contribution in [3.05, 3.63) is 11.9 Å². The number of nitrogens with zero attached hydrogens (tertiary/aromatic N) is 2. The Morgan fingerprint density at radius 1 is 0.724 bits per heavy atom. The van der Waals surface area contributed by atoms with E-state index in [1.54, 1.807) is 27.2 Å². The molecule has 29 heavy (non-hydrogen) atoms. The van der Waals surface area contributed by atoms with E-state index in [-0.39, 0.29) is 10.8 Å². The Balaban J connectivity index is 2.96. The fourth-order valence-corrected chi connectivity index (χ4v) is 2.25. The first-order chi connectivity index (χ1) is 13.5. The van der Waals surface area contributed by atoms with Crippen molar-refractivity contribution in [2.24, 2.45) is 10.8 Å². The van der Waals surface area contributed by atoms with Crippen molar-refractivity contribution >= 4 is 0 Å². The van der Waals surface area contributed by atoms with Gasteiger partial charge in [0.15, 0.2) is 0 Å². The number of ether oxygens (including phenoxy) is 6. The molecule has 0 saturated carbocycles. The average Bonchev–Trinajstić information content (AvgIpc) is 2.58. The van der Waals surface area contributed by atoms with Crippen molar-refractivity contribution in [2.75, 3.05) is 40.6 Å². The van der Waals surface area contributed by atoms with E-state index < -0.39 is 12.6 Å². The fraction of sp³-hybridized carbons (Fsp3) is 0.810. The largest absolute Gasteiger partial charge is 0.447 e. The summed E-state index contributed by atoms with van der Waals surface area (Å²) in [7, 11) is 3.27. The van der Waals surface area contributed by atoms with Crippen molar-refractivity contribution in [1.29, 1.82) is 0 Å². The number of hydrogen-bond acceptors (Lipinski definition) is 8. The lowest BCUT2D eigenvalue weighted by Crippen LogP contribution is -2.37. The van der Waals surface area contributed by atoms with Gasteiger partial charge in [0.1, 0.15) is 5.82 Å². The van der Waals surface area contributed by atoms with Crippen LogP contribution in [0.25, 0.3) is 0 Å². The molecule has 1 aromatic heterocycles. The molecule has 0 N–H and O–H groups in total. The van der Waals surface area contributed by atoms with Crippen LogP contribution in [0.1, 0.15) is 47.4 Å². The van der Waals surface area contributed by atoms with Crippen LogP contribution in [-0.4, -0.2) is 63.2 Å². The van der Waals surface area contributed by atoms with Crippen molar-refractivity contribution in [1.82, 2.24) is 9.97 Å². The van der Waals surface area contributed by atoms with E-state index in [0.29, 0.717) is 44.0 Å². The molecule has 0 fully saturated rings. The normalized spacial score (nSPS) is 14.5. The van der Waals surface area contributed by atoms with Crippen LogP contribution >= 0.6 is 0 Å². The summed E-state index contributed by atoms with van der Waals surface area (Å²) in [4.78, 5) is 8.75. The van der Waals surface area contributed by atoms with Crippen molar-refractivity contribution < 1.29 is 28.4 Å². The minimum absolute atomic E-state index is 0.259. The highest BCUT2D eigenvalue weighted by Crippen LogP contribution is 2.29. The molecular formula is C21H38N2O6. The van der Waals surface area contributed by atoms with Crippen molar-refractivity contribution in [3.8, 4) is 11.8 Å². The lowest BCUT2D eigenvalue weighted by molar-refractivity contribution is -0.153. The maximum atomic E-state index is 6.04. The Labute approximate surface area is 175 Å². The minimum atomic E-state index is -0.504. The van der Waals surface area contributed by atoms with E-state index in [0.717, 1.165) is 0 Å². The maximum absolute atomic E-state index is 6.04. The van der Waals surface area contributed by atoms with Gasteiger partial charge in [-0.3, -0.25) is 0 Å². The third kappa shape index (κ3) is 9.71. The first kappa shape index (κ1) is 25.6. The van der Waals surface area contributed by atoms with Gasteiger partial charge >= 0.3 is 0 Å². The molecule has 1 aromatic rings. The summed E-state index contributed by atoms with van der Waals surface area (Å²) in [5.41, 5.74) is -0.518. The molecule has 0 saturated heterocycles. The summed E-state index contributed by atoms with van der Waals surface area (Å²) in [6.07, 6.45) is -1.01. The van der Waals surface area contributed by atoms with E-state index in [1.807, 2.05) is 41.5 Å². The molecule has 2 unspecified atom stereocenters. The van der Waals surface area contributed by atoms with Gasteiger partial charge in [-0.05, 0) is 6.92 Å². The van der Waals surface area contributed by atoms with Gasteiger partial charge in [0.2, 0.25) is 24.3 Å². The highest BCUT2D eigenvalue weighted by molar-refractivity contribution is 5.21. The predicted octanol–water partition coefficient (Wildman–Crippen LogP) is 3.61. The van der Waals surface area contributed by atoms with Gasteiger partial charge in [-0.2, -0.15) is 9.97 Å². The van der Waals surface area contributed by atoms with Crippen molar-refractivity contribution in [2.45, 2.75) is 61.0 Å². The SMILES string of the molecule is COCCOC(Oc1cc(OC(OCCOC)C(C)(C)C)nc(C)n1)C(C)(C)C. The Bertz CT molecular complexity index is 550. The summed E-state index contributed by atoms with van der Waals surface area (Å²) >= 11 is 0. The van der Waals surface area contributed by atoms with E-state index in [2.05, 4.69) is 9.97 Å². The van der Waals surface area contributed by atoms with Gasteiger partial charge in [-0.15, -0.1) is 0 Å². The second kappa shape index (κ2) is 11.6. The topological polar surface area (TPSA) is 81.2 Å². The van der Waals surface area contributed by atoms with Gasteiger partial charge in [0.05, 0.1) is 32.5 Å². The lowest BCUT2D eigenvalue weighted by atomic mass is 9.96. The molecule has 0 aliphatic rings. The van der Waals surface area contributed by atoms with Crippen LogP contribution < -0.4 is 9.47 Å². The predicted molar refractivity (Wildman–Crippen MR) is 110 cm³/mol. The molecule has 168 valence electrons. The molecule has 1 rings (SSSR count). The number of methoxy groups -OCH3 is 2. The molecule has 2 atom stereocenters. The molecule has 0 aliphatic carbocycles. The number of aromatic nitrogens is 2. The Kier molecular flexibility index (Phi) is 10.3. The zero-order valence-electron chi connectivity index (χ0n) is 19.4. The monoisotopic (exact) mass is 414 g/mol. The molecule has 0 spiro atoms. The molecular weight excluding hydrogens is 376 g/mol. The fourth-order valence-electron chi connectivity index (χ4n) is 2.25. The van der Waals surface area contributed by atoms with Gasteiger partial charge in [0, 0.05) is 25.0 Å². The molecule has 1 heterocycles. The van der Waals surface area contributed by atoms with Gasteiger partial charge in [-0.25, -0.2) is 0 Å². The minimum Gasteiger partial charge on any atom is -0.447 e. The second-order valence-corrected chi connectivity index (χ2v) is 8.95. The number of hydrogen-bond donors (Lipinski definition) is 0. The standard InChI is InChI=1S/C21H38N2O6/c1-15-22-16(28-18(20(2,3)4)26-12-10-24-8)14-17(23-15)29-19(21(5,6)7)27-13-11-25-9/h14,18-19H,10-13H2,1-9H3. The summed E-state index contributed by atoms with van der Waals surface area (Å²) in [6, 6.07) is 1.66. The summed E-state index contributed by atoms with van der Waals surface area (Å²) in [5, 5.41) is 0. The van der Waals surface area contributed by atoms with Crippen LogP contribution in [0.15, 0.2) is 6.07 Å². The summed E-state index contributed by atoms with van der Waals surface area (Å²) in [5.74, 6) is 1.30. The second-order valence-electron chi connectivity index (χ2n) is 8.95. The first-order valence-corrected chi connectivity index (χ1v) is 9.87. The van der Waals surface area contributed by atoms with Crippen LogP contribution in [0.4, 0.5) is 0 Å². The quantitative estimate of drug-likeness (QED) is 0.379. The molecule has 8 nitrogen and oxygen atoms in total. The van der Waals surface area contributed by atoms with Crippen LogP contribution in [0.3, 0.4) is 0 Å². The van der Waals surface area contributed by atoms with E-state index in [9.17, 15) is 0 Å². The molecule has 0 amide bonds. The molecule has 0 aliphatic heterocycles. The lowest BCUT2D eigenvalue weighted by Gasteiger charge is -2.31. The van der Waals surface area contributed by atoms with E-state index in [4.69, 9.17) is 28.4 Å². The smallest absolute Gasteiger partial charge is 0.222 e. The Hall–Kier alpha value is -1.48. The third-order valence-corrected chi connectivity index (χ3v) is 3.77. The van der Waals surface area contributed by atoms with Crippen molar-refractivity contribution in [3.63, 3.8) is 0 Å².